The Morgan fingerprint density at radius 3 is 2.63 bits per heavy atom. The van der Waals surface area contributed by atoms with Gasteiger partial charge in [-0.25, -0.2) is 0 Å². The lowest BCUT2D eigenvalue weighted by atomic mass is 10.1. The summed E-state index contributed by atoms with van der Waals surface area (Å²) < 4.78 is 5.42. The number of nitrogens with zero attached hydrogens (tertiary/aromatic N) is 1. The zero-order valence-electron chi connectivity index (χ0n) is 12.1. The summed E-state index contributed by atoms with van der Waals surface area (Å²) in [5.74, 6) is 0.765. The second-order valence-electron chi connectivity index (χ2n) is 4.57. The molecule has 1 aromatic carbocycles. The van der Waals surface area contributed by atoms with Crippen molar-refractivity contribution in [2.24, 2.45) is 0 Å². The average molecular weight is 266 g/mol. The number of nitrogen functional groups attached to an aromatic ring is 1. The van der Waals surface area contributed by atoms with E-state index in [0.29, 0.717) is 12.3 Å². The van der Waals surface area contributed by atoms with Crippen molar-refractivity contribution in [3.63, 3.8) is 0 Å². The van der Waals surface area contributed by atoms with Crippen molar-refractivity contribution in [2.75, 3.05) is 38.6 Å². The quantitative estimate of drug-likeness (QED) is 0.670. The number of ether oxygens (including phenoxy) is 1. The lowest BCUT2D eigenvalue weighted by Gasteiger charge is -2.18. The van der Waals surface area contributed by atoms with Crippen LogP contribution in [0.25, 0.3) is 0 Å². The molecule has 0 bridgehead atoms. The molecule has 0 aliphatic carbocycles. The molecule has 19 heavy (non-hydrogen) atoms. The van der Waals surface area contributed by atoms with E-state index in [0.717, 1.165) is 38.2 Å². The Morgan fingerprint density at radius 1 is 1.26 bits per heavy atom. The minimum atomic E-state index is 0.226. The lowest BCUT2D eigenvalue weighted by Crippen LogP contribution is -2.27. The fourth-order valence-electron chi connectivity index (χ4n) is 2.12. The molecule has 1 aromatic rings. The highest BCUT2D eigenvalue weighted by Gasteiger charge is 2.04. The summed E-state index contributed by atoms with van der Waals surface area (Å²) in [7, 11) is 0. The third-order valence-electron chi connectivity index (χ3n) is 3.18. The number of rotatable bonds is 9. The second-order valence-corrected chi connectivity index (χ2v) is 4.57. The minimum absolute atomic E-state index is 0.226. The van der Waals surface area contributed by atoms with E-state index in [2.05, 4.69) is 17.9 Å². The van der Waals surface area contributed by atoms with Gasteiger partial charge in [0.15, 0.2) is 0 Å². The van der Waals surface area contributed by atoms with Crippen LogP contribution in [0.2, 0.25) is 0 Å². The molecule has 0 spiro atoms. The first kappa shape index (κ1) is 15.8. The van der Waals surface area contributed by atoms with E-state index in [9.17, 15) is 0 Å². The molecule has 0 fully saturated rings. The van der Waals surface area contributed by atoms with Crippen LogP contribution in [0.15, 0.2) is 18.2 Å². The van der Waals surface area contributed by atoms with Gasteiger partial charge in [0.1, 0.15) is 5.75 Å². The van der Waals surface area contributed by atoms with Gasteiger partial charge >= 0.3 is 0 Å². The highest BCUT2D eigenvalue weighted by Crippen LogP contribution is 2.23. The Labute approximate surface area is 116 Å². The molecule has 0 aliphatic heterocycles. The van der Waals surface area contributed by atoms with Crippen LogP contribution < -0.4 is 10.5 Å². The fraction of sp³-hybridized carbons (Fsp3) is 0.600. The summed E-state index contributed by atoms with van der Waals surface area (Å²) in [5, 5.41) is 8.93. The van der Waals surface area contributed by atoms with E-state index in [1.165, 1.54) is 5.56 Å². The third-order valence-corrected chi connectivity index (χ3v) is 3.18. The Morgan fingerprint density at radius 2 is 2.05 bits per heavy atom. The molecular formula is C15H26N2O2. The topological polar surface area (TPSA) is 58.7 Å². The van der Waals surface area contributed by atoms with Crippen molar-refractivity contribution >= 4 is 5.69 Å². The molecule has 108 valence electrons. The number of hydrogen-bond acceptors (Lipinski definition) is 4. The van der Waals surface area contributed by atoms with Crippen molar-refractivity contribution in [1.29, 1.82) is 0 Å². The van der Waals surface area contributed by atoms with Crippen LogP contribution in [0, 0.1) is 0 Å². The molecule has 0 aromatic heterocycles. The number of aliphatic hydroxyl groups is 1. The Bertz CT molecular complexity index is 369. The smallest absolute Gasteiger partial charge is 0.142 e. The molecule has 0 atom stereocenters. The third kappa shape index (κ3) is 5.49. The molecule has 4 heteroatoms. The standard InChI is InChI=1S/C15H26N2O2/c1-3-17(10-11-18)9-5-6-13-7-8-15(19-4-2)14(16)12-13/h7-8,12,18H,3-6,9-11,16H2,1-2H3. The first-order chi connectivity index (χ1) is 9.21. The summed E-state index contributed by atoms with van der Waals surface area (Å²) in [6, 6.07) is 6.01. The molecule has 0 saturated heterocycles. The zero-order chi connectivity index (χ0) is 14.1. The van der Waals surface area contributed by atoms with Gasteiger partial charge in [-0.2, -0.15) is 0 Å². The second kappa shape index (κ2) is 8.77. The molecule has 1 rings (SSSR count). The van der Waals surface area contributed by atoms with Gasteiger partial charge in [-0.1, -0.05) is 13.0 Å². The Balaban J connectivity index is 2.43. The monoisotopic (exact) mass is 266 g/mol. The van der Waals surface area contributed by atoms with Gasteiger partial charge in [-0.05, 0) is 50.6 Å². The molecular weight excluding hydrogens is 240 g/mol. The molecule has 3 N–H and O–H groups in total. The average Bonchev–Trinajstić information content (AvgIpc) is 2.41. The molecule has 0 heterocycles. The zero-order valence-corrected chi connectivity index (χ0v) is 12.1. The first-order valence-electron chi connectivity index (χ1n) is 7.05. The van der Waals surface area contributed by atoms with Gasteiger partial charge in [0.05, 0.1) is 18.9 Å². The maximum absolute atomic E-state index is 8.93. The first-order valence-corrected chi connectivity index (χ1v) is 7.05. The SMILES string of the molecule is CCOc1ccc(CCCN(CC)CCO)cc1N. The lowest BCUT2D eigenvalue weighted by molar-refractivity contribution is 0.200. The summed E-state index contributed by atoms with van der Waals surface area (Å²) >= 11 is 0. The van der Waals surface area contributed by atoms with E-state index in [-0.39, 0.29) is 6.61 Å². The van der Waals surface area contributed by atoms with E-state index in [4.69, 9.17) is 15.6 Å². The van der Waals surface area contributed by atoms with Crippen LogP contribution in [0.4, 0.5) is 5.69 Å². The molecule has 0 aliphatic rings. The van der Waals surface area contributed by atoms with Crippen molar-refractivity contribution in [3.8, 4) is 5.75 Å². The van der Waals surface area contributed by atoms with E-state index in [1.54, 1.807) is 0 Å². The van der Waals surface area contributed by atoms with E-state index < -0.39 is 0 Å². The van der Waals surface area contributed by atoms with E-state index in [1.807, 2.05) is 19.1 Å². The summed E-state index contributed by atoms with van der Waals surface area (Å²) in [6.45, 7) is 7.66. The van der Waals surface area contributed by atoms with Crippen LogP contribution in [0.5, 0.6) is 5.75 Å². The summed E-state index contributed by atoms with van der Waals surface area (Å²) in [5.41, 5.74) is 7.89. The van der Waals surface area contributed by atoms with Gasteiger partial charge in [-0.3, -0.25) is 0 Å². The molecule has 0 saturated carbocycles. The number of nitrogens with two attached hydrogens (primary N) is 1. The number of hydrogen-bond donors (Lipinski definition) is 2. The summed E-state index contributed by atoms with van der Waals surface area (Å²) in [4.78, 5) is 2.25. The van der Waals surface area contributed by atoms with Gasteiger partial charge in [0, 0.05) is 6.54 Å². The van der Waals surface area contributed by atoms with Gasteiger partial charge in [0.25, 0.3) is 0 Å². The van der Waals surface area contributed by atoms with Crippen LogP contribution in [0.3, 0.4) is 0 Å². The van der Waals surface area contributed by atoms with Crippen molar-refractivity contribution < 1.29 is 9.84 Å². The van der Waals surface area contributed by atoms with Crippen LogP contribution in [-0.2, 0) is 6.42 Å². The van der Waals surface area contributed by atoms with Gasteiger partial charge in [-0.15, -0.1) is 0 Å². The molecule has 0 amide bonds. The largest absolute Gasteiger partial charge is 0.492 e. The number of likely N-dealkylation sites (N-methyl/N-ethyl adjacent to an activating group) is 1. The van der Waals surface area contributed by atoms with Crippen LogP contribution >= 0.6 is 0 Å². The van der Waals surface area contributed by atoms with Crippen molar-refractivity contribution in [2.45, 2.75) is 26.7 Å². The summed E-state index contributed by atoms with van der Waals surface area (Å²) in [6.07, 6.45) is 2.07. The predicted octanol–water partition coefficient (Wildman–Crippen LogP) is 1.91. The van der Waals surface area contributed by atoms with Crippen molar-refractivity contribution in [3.05, 3.63) is 23.8 Å². The van der Waals surface area contributed by atoms with E-state index >= 15 is 0 Å². The number of benzene rings is 1. The highest BCUT2D eigenvalue weighted by molar-refractivity contribution is 5.54. The highest BCUT2D eigenvalue weighted by atomic mass is 16.5. The number of anilines is 1. The Hall–Kier alpha value is -1.26. The number of aliphatic hydroxyl groups excluding tert-OH is 1. The maximum Gasteiger partial charge on any atom is 0.142 e. The minimum Gasteiger partial charge on any atom is -0.492 e. The van der Waals surface area contributed by atoms with Crippen LogP contribution in [-0.4, -0.2) is 42.9 Å². The van der Waals surface area contributed by atoms with Gasteiger partial charge in [0.2, 0.25) is 0 Å². The fourth-order valence-corrected chi connectivity index (χ4v) is 2.12. The van der Waals surface area contributed by atoms with Crippen LogP contribution in [0.1, 0.15) is 25.8 Å². The molecule has 4 nitrogen and oxygen atoms in total. The number of aryl methyl sites for hydroxylation is 1. The normalized spacial score (nSPS) is 10.9. The Kier molecular flexibility index (Phi) is 7.30. The molecule has 0 radical (unpaired) electrons. The van der Waals surface area contributed by atoms with Gasteiger partial charge < -0.3 is 20.5 Å². The molecule has 0 unspecified atom stereocenters. The predicted molar refractivity (Wildman–Crippen MR) is 79.5 cm³/mol. The van der Waals surface area contributed by atoms with Crippen molar-refractivity contribution in [1.82, 2.24) is 4.90 Å². The maximum atomic E-state index is 8.93.